The van der Waals surface area contributed by atoms with Gasteiger partial charge in [-0.15, -0.1) is 0 Å². The van der Waals surface area contributed by atoms with Crippen molar-refractivity contribution in [3.05, 3.63) is 53.3 Å². The summed E-state index contributed by atoms with van der Waals surface area (Å²) in [5, 5.41) is 9.50. The summed E-state index contributed by atoms with van der Waals surface area (Å²) in [7, 11) is 0. The molecule has 6 nitrogen and oxygen atoms in total. The number of rotatable bonds is 7. The van der Waals surface area contributed by atoms with Gasteiger partial charge in [0, 0.05) is 36.2 Å². The van der Waals surface area contributed by atoms with Crippen molar-refractivity contribution in [2.45, 2.75) is 25.6 Å². The lowest BCUT2D eigenvalue weighted by Gasteiger charge is -2.34. The number of benzene rings is 1. The number of anilines is 1. The molecule has 2 aromatic rings. The molecule has 3 rings (SSSR count). The molecule has 0 radical (unpaired) electrons. The molecular weight excluding hydrogens is 356 g/mol. The first-order chi connectivity index (χ1) is 12.6. The van der Waals surface area contributed by atoms with E-state index in [-0.39, 0.29) is 12.5 Å². The summed E-state index contributed by atoms with van der Waals surface area (Å²) in [6.07, 6.45) is 3.97. The van der Waals surface area contributed by atoms with Gasteiger partial charge in [0.05, 0.1) is 30.8 Å². The maximum Gasteiger partial charge on any atom is 0.303 e. The van der Waals surface area contributed by atoms with Crippen LogP contribution in [0.2, 0.25) is 5.02 Å². The lowest BCUT2D eigenvalue weighted by molar-refractivity contribution is -0.137. The largest absolute Gasteiger partial charge is 0.487 e. The van der Waals surface area contributed by atoms with Crippen LogP contribution in [-0.2, 0) is 16.1 Å². The molecule has 1 atom stereocenters. The Bertz CT molecular complexity index is 756. The number of pyridine rings is 1. The summed E-state index contributed by atoms with van der Waals surface area (Å²) in [6.45, 7) is 2.31. The second-order valence-electron chi connectivity index (χ2n) is 6.13. The predicted octanol–water partition coefficient (Wildman–Crippen LogP) is 3.38. The summed E-state index contributed by atoms with van der Waals surface area (Å²) in [4.78, 5) is 17.1. The van der Waals surface area contributed by atoms with Crippen LogP contribution in [0.5, 0.6) is 5.75 Å². The predicted molar refractivity (Wildman–Crippen MR) is 98.8 cm³/mol. The summed E-state index contributed by atoms with van der Waals surface area (Å²) < 4.78 is 11.5. The van der Waals surface area contributed by atoms with Crippen LogP contribution >= 0.6 is 11.6 Å². The number of aromatic nitrogens is 1. The normalized spacial score (nSPS) is 17.1. The number of halogens is 1. The maximum atomic E-state index is 10.7. The van der Waals surface area contributed by atoms with Gasteiger partial charge in [-0.05, 0) is 12.5 Å². The fourth-order valence-electron chi connectivity index (χ4n) is 2.85. The quantitative estimate of drug-likeness (QED) is 0.798. The third-order valence-electron chi connectivity index (χ3n) is 4.24. The number of nitrogens with zero attached hydrogens (tertiary/aromatic N) is 2. The van der Waals surface area contributed by atoms with Gasteiger partial charge in [0.2, 0.25) is 0 Å². The number of hydrogen-bond donors (Lipinski definition) is 1. The van der Waals surface area contributed by atoms with Crippen molar-refractivity contribution in [3.63, 3.8) is 0 Å². The number of ether oxygens (including phenoxy) is 2. The molecule has 1 aliphatic heterocycles. The molecule has 1 aliphatic rings. The van der Waals surface area contributed by atoms with Gasteiger partial charge in [0.1, 0.15) is 12.4 Å². The van der Waals surface area contributed by atoms with E-state index in [1.807, 2.05) is 30.3 Å². The van der Waals surface area contributed by atoms with Crippen molar-refractivity contribution in [3.8, 4) is 5.75 Å². The molecule has 26 heavy (non-hydrogen) atoms. The molecule has 138 valence electrons. The molecule has 0 unspecified atom stereocenters. The Hall–Kier alpha value is -2.31. The molecule has 1 aromatic heterocycles. The Kier molecular flexibility index (Phi) is 6.30. The van der Waals surface area contributed by atoms with Gasteiger partial charge in [-0.2, -0.15) is 0 Å². The molecule has 0 spiro atoms. The Labute approximate surface area is 157 Å². The van der Waals surface area contributed by atoms with Gasteiger partial charge in [-0.25, -0.2) is 0 Å². The number of morpholine rings is 1. The van der Waals surface area contributed by atoms with Gasteiger partial charge in [-0.3, -0.25) is 9.78 Å². The Morgan fingerprint density at radius 2 is 2.23 bits per heavy atom. The lowest BCUT2D eigenvalue weighted by atomic mass is 10.1. The molecule has 0 saturated carbocycles. The van der Waals surface area contributed by atoms with Crippen LogP contribution in [0.3, 0.4) is 0 Å². The Balaban J connectivity index is 1.61. The van der Waals surface area contributed by atoms with E-state index in [0.717, 1.165) is 17.8 Å². The van der Waals surface area contributed by atoms with E-state index in [2.05, 4.69) is 9.88 Å². The lowest BCUT2D eigenvalue weighted by Crippen LogP contribution is -2.42. The highest BCUT2D eigenvalue weighted by atomic mass is 35.5. The highest BCUT2D eigenvalue weighted by Gasteiger charge is 2.22. The van der Waals surface area contributed by atoms with Crippen LogP contribution in [0, 0.1) is 0 Å². The van der Waals surface area contributed by atoms with Crippen molar-refractivity contribution in [1.29, 1.82) is 0 Å². The second kappa shape index (κ2) is 8.87. The minimum atomic E-state index is -0.803. The van der Waals surface area contributed by atoms with E-state index in [1.165, 1.54) is 0 Å². The first kappa shape index (κ1) is 18.5. The molecule has 7 heteroatoms. The Morgan fingerprint density at radius 3 is 3.04 bits per heavy atom. The second-order valence-corrected chi connectivity index (χ2v) is 6.54. The average Bonchev–Trinajstić information content (AvgIpc) is 2.66. The van der Waals surface area contributed by atoms with Gasteiger partial charge in [0.15, 0.2) is 0 Å². The van der Waals surface area contributed by atoms with Gasteiger partial charge in [0.25, 0.3) is 0 Å². The van der Waals surface area contributed by atoms with Crippen molar-refractivity contribution in [1.82, 2.24) is 4.98 Å². The minimum absolute atomic E-state index is 0.0902. The molecule has 2 heterocycles. The highest BCUT2D eigenvalue weighted by molar-refractivity contribution is 6.31. The van der Waals surface area contributed by atoms with E-state index in [9.17, 15) is 4.79 Å². The molecule has 1 fully saturated rings. The van der Waals surface area contributed by atoms with Crippen molar-refractivity contribution in [2.75, 3.05) is 24.6 Å². The molecule has 1 saturated heterocycles. The minimum Gasteiger partial charge on any atom is -0.487 e. The van der Waals surface area contributed by atoms with Crippen LogP contribution in [0.15, 0.2) is 42.7 Å². The van der Waals surface area contributed by atoms with Crippen LogP contribution in [0.1, 0.15) is 18.4 Å². The van der Waals surface area contributed by atoms with Gasteiger partial charge < -0.3 is 19.5 Å². The monoisotopic (exact) mass is 376 g/mol. The zero-order valence-corrected chi connectivity index (χ0v) is 15.1. The molecule has 0 aliphatic carbocycles. The third-order valence-corrected chi connectivity index (χ3v) is 4.60. The van der Waals surface area contributed by atoms with Crippen molar-refractivity contribution >= 4 is 23.3 Å². The standard InChI is InChI=1S/C19H21ClN2O4/c20-18-4-2-1-3-14(18)13-26-17-9-15(10-21-11-17)22-7-8-25-16(12-22)5-6-19(23)24/h1-4,9-11,16H,5-8,12-13H2,(H,23,24)/t16-/m0/s1. The summed E-state index contributed by atoms with van der Waals surface area (Å²) in [6, 6.07) is 9.50. The van der Waals surface area contributed by atoms with Crippen molar-refractivity contribution < 1.29 is 19.4 Å². The van der Waals surface area contributed by atoms with Crippen LogP contribution < -0.4 is 9.64 Å². The molecule has 0 bridgehead atoms. The average molecular weight is 377 g/mol. The SMILES string of the molecule is O=C(O)CC[C@H]1CN(c2cncc(OCc3ccccc3Cl)c2)CCO1. The van der Waals surface area contributed by atoms with E-state index < -0.39 is 5.97 Å². The first-order valence-corrected chi connectivity index (χ1v) is 8.89. The summed E-state index contributed by atoms with van der Waals surface area (Å²) >= 11 is 6.15. The summed E-state index contributed by atoms with van der Waals surface area (Å²) in [5.41, 5.74) is 1.85. The van der Waals surface area contributed by atoms with E-state index >= 15 is 0 Å². The van der Waals surface area contributed by atoms with E-state index in [4.69, 9.17) is 26.2 Å². The fraction of sp³-hybridized carbons (Fsp3) is 0.368. The number of hydrogen-bond acceptors (Lipinski definition) is 5. The van der Waals surface area contributed by atoms with Crippen LogP contribution in [0.4, 0.5) is 5.69 Å². The number of carbonyl (C=O) groups is 1. The van der Waals surface area contributed by atoms with Crippen LogP contribution in [0.25, 0.3) is 0 Å². The molecular formula is C19H21ClN2O4. The first-order valence-electron chi connectivity index (χ1n) is 8.51. The smallest absolute Gasteiger partial charge is 0.303 e. The summed E-state index contributed by atoms with van der Waals surface area (Å²) in [5.74, 6) is -0.140. The number of carboxylic acids is 1. The molecule has 1 aromatic carbocycles. The Morgan fingerprint density at radius 1 is 1.38 bits per heavy atom. The van der Waals surface area contributed by atoms with Crippen LogP contribution in [-0.4, -0.2) is 41.9 Å². The van der Waals surface area contributed by atoms with Gasteiger partial charge >= 0.3 is 5.97 Å². The maximum absolute atomic E-state index is 10.7. The van der Waals surface area contributed by atoms with E-state index in [1.54, 1.807) is 12.4 Å². The molecule has 0 amide bonds. The van der Waals surface area contributed by atoms with E-state index in [0.29, 0.717) is 37.0 Å². The highest BCUT2D eigenvalue weighted by Crippen LogP contribution is 2.24. The number of carboxylic acid groups (broad SMARTS) is 1. The molecule has 1 N–H and O–H groups in total. The number of aliphatic carboxylic acids is 1. The fourth-order valence-corrected chi connectivity index (χ4v) is 3.04. The topological polar surface area (TPSA) is 71.9 Å². The third kappa shape index (κ3) is 5.09. The van der Waals surface area contributed by atoms with Crippen molar-refractivity contribution in [2.24, 2.45) is 0 Å². The zero-order valence-electron chi connectivity index (χ0n) is 14.3. The zero-order chi connectivity index (χ0) is 18.4. The van der Waals surface area contributed by atoms with Gasteiger partial charge in [-0.1, -0.05) is 29.8 Å².